The van der Waals surface area contributed by atoms with Gasteiger partial charge < -0.3 is 10.4 Å². The molecule has 152 valence electrons. The van der Waals surface area contributed by atoms with Crippen molar-refractivity contribution < 1.29 is 9.90 Å². The summed E-state index contributed by atoms with van der Waals surface area (Å²) in [6.07, 6.45) is 9.54. The van der Waals surface area contributed by atoms with E-state index < -0.39 is 0 Å². The third-order valence-electron chi connectivity index (χ3n) is 6.22. The maximum Gasteiger partial charge on any atom is 0.216 e. The number of hydrogen-bond donors (Lipinski definition) is 2. The van der Waals surface area contributed by atoms with E-state index in [-0.39, 0.29) is 30.5 Å². The molecule has 1 aliphatic heterocycles. The first-order valence-electron chi connectivity index (χ1n) is 10.5. The molecule has 0 radical (unpaired) electrons. The molecule has 0 spiro atoms. The number of nitrogens with zero attached hydrogens (tertiary/aromatic N) is 2. The van der Waals surface area contributed by atoms with Crippen molar-refractivity contribution in [3.63, 3.8) is 0 Å². The topological polar surface area (TPSA) is 65.5 Å². The predicted molar refractivity (Wildman–Crippen MR) is 114 cm³/mol. The highest BCUT2D eigenvalue weighted by molar-refractivity contribution is 5.73. The summed E-state index contributed by atoms with van der Waals surface area (Å²) >= 11 is 0. The zero-order valence-electron chi connectivity index (χ0n) is 16.9. The standard InChI is InChI=1S/C24H29N3O2/c1-17(29)26-14-22-24(21-10-8-20(9-11-21)19-6-2-3-7-19)23(16-28)27(22)15-18-5-4-12-25-13-18/h4-6,8-13,22-24,28H,2-3,7,14-16H2,1H3,(H,26,29)/t22-,23+,24-/m0/s1. The zero-order valence-corrected chi connectivity index (χ0v) is 16.9. The Morgan fingerprint density at radius 2 is 2.07 bits per heavy atom. The Hall–Kier alpha value is -2.50. The molecule has 3 atom stereocenters. The molecule has 2 aliphatic rings. The van der Waals surface area contributed by atoms with Crippen LogP contribution < -0.4 is 5.32 Å². The SMILES string of the molecule is CC(=O)NC[C@H]1[C@H](c2ccc(C3=CCCC3)cc2)[C@@H](CO)N1Cc1cccnc1. The number of amides is 1. The van der Waals surface area contributed by atoms with E-state index in [0.717, 1.165) is 12.0 Å². The average Bonchev–Trinajstić information content (AvgIpc) is 3.27. The number of carbonyl (C=O) groups is 1. The van der Waals surface area contributed by atoms with E-state index in [1.54, 1.807) is 13.1 Å². The first-order valence-corrected chi connectivity index (χ1v) is 10.5. The molecule has 2 heterocycles. The maximum absolute atomic E-state index is 11.5. The highest BCUT2D eigenvalue weighted by Crippen LogP contribution is 2.42. The summed E-state index contributed by atoms with van der Waals surface area (Å²) in [5.74, 6) is 0.163. The zero-order chi connectivity index (χ0) is 20.2. The molecular weight excluding hydrogens is 362 g/mol. The lowest BCUT2D eigenvalue weighted by molar-refractivity contribution is -0.120. The van der Waals surface area contributed by atoms with Gasteiger partial charge in [-0.05, 0) is 47.6 Å². The Bertz CT molecular complexity index is 863. The van der Waals surface area contributed by atoms with Crippen LogP contribution in [-0.2, 0) is 11.3 Å². The largest absolute Gasteiger partial charge is 0.395 e. The second-order valence-electron chi connectivity index (χ2n) is 8.06. The van der Waals surface area contributed by atoms with Crippen LogP contribution in [0.25, 0.3) is 5.57 Å². The number of aliphatic hydroxyl groups is 1. The van der Waals surface area contributed by atoms with Crippen molar-refractivity contribution in [3.05, 3.63) is 71.6 Å². The summed E-state index contributed by atoms with van der Waals surface area (Å²) in [4.78, 5) is 18.0. The van der Waals surface area contributed by atoms with Crippen LogP contribution in [0.3, 0.4) is 0 Å². The van der Waals surface area contributed by atoms with E-state index in [9.17, 15) is 9.90 Å². The lowest BCUT2D eigenvalue weighted by atomic mass is 9.74. The van der Waals surface area contributed by atoms with E-state index in [2.05, 4.69) is 45.5 Å². The van der Waals surface area contributed by atoms with Gasteiger partial charge in [0.05, 0.1) is 6.61 Å². The quantitative estimate of drug-likeness (QED) is 0.761. The molecule has 0 bridgehead atoms. The summed E-state index contributed by atoms with van der Waals surface area (Å²) < 4.78 is 0. The molecule has 0 saturated carbocycles. The normalized spacial score (nSPS) is 24.1. The van der Waals surface area contributed by atoms with Crippen LogP contribution in [0.2, 0.25) is 0 Å². The monoisotopic (exact) mass is 391 g/mol. The van der Waals surface area contributed by atoms with Gasteiger partial charge in [-0.15, -0.1) is 0 Å². The molecule has 1 aliphatic carbocycles. The summed E-state index contributed by atoms with van der Waals surface area (Å²) in [7, 11) is 0. The van der Waals surface area contributed by atoms with Gasteiger partial charge in [0.15, 0.2) is 0 Å². The second-order valence-corrected chi connectivity index (χ2v) is 8.06. The van der Waals surface area contributed by atoms with Gasteiger partial charge in [0.1, 0.15) is 0 Å². The molecule has 5 heteroatoms. The number of benzene rings is 1. The number of aliphatic hydroxyl groups excluding tert-OH is 1. The third-order valence-corrected chi connectivity index (χ3v) is 6.22. The van der Waals surface area contributed by atoms with Gasteiger partial charge in [0.2, 0.25) is 5.91 Å². The molecule has 1 aromatic carbocycles. The number of pyridine rings is 1. The van der Waals surface area contributed by atoms with Crippen LogP contribution in [-0.4, -0.2) is 46.1 Å². The minimum absolute atomic E-state index is 0.0268. The molecular formula is C24H29N3O2. The number of rotatable bonds is 7. The Morgan fingerprint density at radius 3 is 2.69 bits per heavy atom. The Morgan fingerprint density at radius 1 is 1.24 bits per heavy atom. The Balaban J connectivity index is 1.55. The highest BCUT2D eigenvalue weighted by Gasteiger charge is 2.48. The third kappa shape index (κ3) is 4.26. The van der Waals surface area contributed by atoms with E-state index in [0.29, 0.717) is 13.1 Å². The van der Waals surface area contributed by atoms with Crippen LogP contribution in [0.15, 0.2) is 54.9 Å². The summed E-state index contributed by atoms with van der Waals surface area (Å²) in [5.41, 5.74) is 5.08. The molecule has 1 amide bonds. The number of aromatic nitrogens is 1. The van der Waals surface area contributed by atoms with E-state index in [1.807, 2.05) is 18.3 Å². The number of likely N-dealkylation sites (tertiary alicyclic amines) is 1. The Kier molecular flexibility index (Phi) is 6.07. The summed E-state index contributed by atoms with van der Waals surface area (Å²) in [6.45, 7) is 2.93. The fraction of sp³-hybridized carbons (Fsp3) is 0.417. The first kappa shape index (κ1) is 19.8. The minimum atomic E-state index is -0.0268. The predicted octanol–water partition coefficient (Wildman–Crippen LogP) is 3.11. The molecule has 1 fully saturated rings. The summed E-state index contributed by atoms with van der Waals surface area (Å²) in [5, 5.41) is 13.1. The van der Waals surface area contributed by atoms with Gasteiger partial charge >= 0.3 is 0 Å². The van der Waals surface area contributed by atoms with Crippen molar-refractivity contribution in [1.29, 1.82) is 0 Å². The highest BCUT2D eigenvalue weighted by atomic mass is 16.3. The fourth-order valence-electron chi connectivity index (χ4n) is 4.76. The molecule has 2 N–H and O–H groups in total. The van der Waals surface area contributed by atoms with Crippen LogP contribution in [0.1, 0.15) is 48.8 Å². The van der Waals surface area contributed by atoms with Gasteiger partial charge in [-0.2, -0.15) is 0 Å². The summed E-state index contributed by atoms with van der Waals surface area (Å²) in [6, 6.07) is 13.0. The minimum Gasteiger partial charge on any atom is -0.395 e. The van der Waals surface area contributed by atoms with E-state index in [4.69, 9.17) is 0 Å². The lowest BCUT2D eigenvalue weighted by Crippen LogP contribution is -2.66. The number of carbonyl (C=O) groups excluding carboxylic acids is 1. The molecule has 29 heavy (non-hydrogen) atoms. The van der Waals surface area contributed by atoms with Crippen molar-refractivity contribution in [3.8, 4) is 0 Å². The van der Waals surface area contributed by atoms with Crippen LogP contribution in [0, 0.1) is 0 Å². The van der Waals surface area contributed by atoms with Crippen molar-refractivity contribution >= 4 is 11.5 Å². The van der Waals surface area contributed by atoms with Crippen LogP contribution >= 0.6 is 0 Å². The van der Waals surface area contributed by atoms with Gasteiger partial charge in [0, 0.05) is 50.4 Å². The number of hydrogen-bond acceptors (Lipinski definition) is 4. The van der Waals surface area contributed by atoms with Crippen molar-refractivity contribution in [2.45, 2.75) is 50.7 Å². The van der Waals surface area contributed by atoms with Crippen LogP contribution in [0.5, 0.6) is 0 Å². The van der Waals surface area contributed by atoms with Gasteiger partial charge in [0.25, 0.3) is 0 Å². The lowest BCUT2D eigenvalue weighted by Gasteiger charge is -2.55. The first-order chi connectivity index (χ1) is 14.2. The second kappa shape index (κ2) is 8.89. The van der Waals surface area contributed by atoms with Crippen LogP contribution in [0.4, 0.5) is 0 Å². The molecule has 0 unspecified atom stereocenters. The molecule has 4 rings (SSSR count). The van der Waals surface area contributed by atoms with Gasteiger partial charge in [-0.3, -0.25) is 14.7 Å². The van der Waals surface area contributed by atoms with Crippen molar-refractivity contribution in [2.24, 2.45) is 0 Å². The molecule has 5 nitrogen and oxygen atoms in total. The number of nitrogens with one attached hydrogen (secondary N) is 1. The molecule has 1 saturated heterocycles. The Labute approximate surface area is 172 Å². The molecule has 2 aromatic rings. The fourth-order valence-corrected chi connectivity index (χ4v) is 4.76. The number of allylic oxidation sites excluding steroid dienone is 2. The van der Waals surface area contributed by atoms with E-state index >= 15 is 0 Å². The van der Waals surface area contributed by atoms with Crippen molar-refractivity contribution in [2.75, 3.05) is 13.2 Å². The smallest absolute Gasteiger partial charge is 0.216 e. The van der Waals surface area contributed by atoms with Crippen molar-refractivity contribution in [1.82, 2.24) is 15.2 Å². The maximum atomic E-state index is 11.5. The van der Waals surface area contributed by atoms with E-state index in [1.165, 1.54) is 29.5 Å². The molecule has 1 aromatic heterocycles. The van der Waals surface area contributed by atoms with Gasteiger partial charge in [-0.1, -0.05) is 36.4 Å². The average molecular weight is 392 g/mol. The van der Waals surface area contributed by atoms with Gasteiger partial charge in [-0.25, -0.2) is 0 Å².